The number of ether oxygens (including phenoxy) is 2. The van der Waals surface area contributed by atoms with Gasteiger partial charge < -0.3 is 14.6 Å². The Labute approximate surface area is 177 Å². The van der Waals surface area contributed by atoms with E-state index in [4.69, 9.17) is 9.47 Å². The van der Waals surface area contributed by atoms with Crippen LogP contribution in [0.3, 0.4) is 0 Å². The quantitative estimate of drug-likeness (QED) is 0.699. The summed E-state index contributed by atoms with van der Waals surface area (Å²) < 4.78 is 11.5. The number of aliphatic carboxylic acids is 1. The maximum atomic E-state index is 13.4. The van der Waals surface area contributed by atoms with E-state index in [1.165, 1.54) is 0 Å². The van der Waals surface area contributed by atoms with Gasteiger partial charge in [-0.2, -0.15) is 0 Å². The minimum Gasteiger partial charge on any atom is -0.481 e. The van der Waals surface area contributed by atoms with E-state index in [1.54, 1.807) is 6.92 Å². The highest BCUT2D eigenvalue weighted by Crippen LogP contribution is 2.70. The molecule has 4 rings (SSSR count). The van der Waals surface area contributed by atoms with E-state index < -0.39 is 40.5 Å². The summed E-state index contributed by atoms with van der Waals surface area (Å²) >= 11 is 0. The Bertz CT molecular complexity index is 873. The number of esters is 1. The molecule has 4 aliphatic rings. The summed E-state index contributed by atoms with van der Waals surface area (Å²) in [5, 5.41) is 9.42. The molecule has 2 aliphatic heterocycles. The van der Waals surface area contributed by atoms with E-state index in [9.17, 15) is 19.5 Å². The van der Waals surface area contributed by atoms with E-state index in [0.29, 0.717) is 19.3 Å². The molecule has 0 bridgehead atoms. The Kier molecular flexibility index (Phi) is 4.63. The molecule has 2 aliphatic carbocycles. The average molecular weight is 417 g/mol. The number of carboxylic acids is 1. The second-order valence-corrected chi connectivity index (χ2v) is 10.5. The summed E-state index contributed by atoms with van der Waals surface area (Å²) in [6.45, 7) is 14.0. The van der Waals surface area contributed by atoms with Crippen molar-refractivity contribution in [3.05, 3.63) is 23.8 Å². The van der Waals surface area contributed by atoms with Crippen molar-refractivity contribution < 1.29 is 29.0 Å². The third kappa shape index (κ3) is 2.62. The van der Waals surface area contributed by atoms with E-state index in [-0.39, 0.29) is 30.0 Å². The van der Waals surface area contributed by atoms with Gasteiger partial charge in [0.2, 0.25) is 6.29 Å². The van der Waals surface area contributed by atoms with Crippen molar-refractivity contribution in [2.45, 2.75) is 72.7 Å². The van der Waals surface area contributed by atoms with Crippen molar-refractivity contribution in [2.24, 2.45) is 34.0 Å². The molecule has 0 spiro atoms. The molecule has 0 aromatic carbocycles. The second kappa shape index (κ2) is 6.52. The molecule has 8 atom stereocenters. The molecule has 0 radical (unpaired) electrons. The molecule has 6 heteroatoms. The van der Waals surface area contributed by atoms with Crippen molar-refractivity contribution in [3.63, 3.8) is 0 Å². The van der Waals surface area contributed by atoms with Gasteiger partial charge in [0.25, 0.3) is 0 Å². The minimum atomic E-state index is -0.847. The smallest absolute Gasteiger partial charge is 0.312 e. The van der Waals surface area contributed by atoms with Crippen molar-refractivity contribution in [2.75, 3.05) is 0 Å². The molecular weight excluding hydrogens is 384 g/mol. The highest BCUT2D eigenvalue weighted by molar-refractivity contribution is 5.91. The summed E-state index contributed by atoms with van der Waals surface area (Å²) in [6.07, 6.45) is 2.55. The number of rotatable bonds is 4. The first-order valence-electron chi connectivity index (χ1n) is 10.8. The van der Waals surface area contributed by atoms with Gasteiger partial charge in [0, 0.05) is 17.8 Å². The Morgan fingerprint density at radius 3 is 2.57 bits per heavy atom. The minimum absolute atomic E-state index is 0.0149. The zero-order chi connectivity index (χ0) is 22.2. The Balaban J connectivity index is 1.88. The predicted molar refractivity (Wildman–Crippen MR) is 109 cm³/mol. The van der Waals surface area contributed by atoms with E-state index in [2.05, 4.69) is 26.5 Å². The maximum absolute atomic E-state index is 13.4. The SMILES string of the molecule is C=C(C)C1=CC[C@]2(C)[C@@H]3C(=O)O[C@@H]4O[C@@H](C)C(=O)[C@](C)(C[C@H]2[C@]1(C)CCC(=O)O)[C@@H]43. The number of fused-ring (bicyclic) bond motifs is 2. The largest absolute Gasteiger partial charge is 0.481 e. The van der Waals surface area contributed by atoms with Crippen LogP contribution < -0.4 is 0 Å². The number of ketones is 1. The van der Waals surface area contributed by atoms with Crippen LogP contribution in [0.2, 0.25) is 0 Å². The first-order chi connectivity index (χ1) is 13.9. The van der Waals surface area contributed by atoms with Crippen LogP contribution in [0.25, 0.3) is 0 Å². The summed E-state index contributed by atoms with van der Waals surface area (Å²) in [4.78, 5) is 38.0. The number of carboxylic acid groups (broad SMARTS) is 1. The van der Waals surface area contributed by atoms with Gasteiger partial charge in [0.15, 0.2) is 5.78 Å². The van der Waals surface area contributed by atoms with Crippen LogP contribution in [-0.4, -0.2) is 35.2 Å². The van der Waals surface area contributed by atoms with Crippen LogP contribution >= 0.6 is 0 Å². The lowest BCUT2D eigenvalue weighted by molar-refractivity contribution is -0.229. The molecule has 0 aromatic heterocycles. The van der Waals surface area contributed by atoms with E-state index in [0.717, 1.165) is 11.1 Å². The van der Waals surface area contributed by atoms with Crippen molar-refractivity contribution in [1.82, 2.24) is 0 Å². The number of hydrogen-bond acceptors (Lipinski definition) is 5. The number of Topliss-reactive ketones (excluding diaryl/α,β-unsaturated/α-hetero) is 1. The van der Waals surface area contributed by atoms with Gasteiger partial charge in [0.05, 0.1) is 5.92 Å². The average Bonchev–Trinajstić information content (AvgIpc) is 2.99. The third-order valence-electron chi connectivity index (χ3n) is 8.73. The molecule has 1 saturated carbocycles. The third-order valence-corrected chi connectivity index (χ3v) is 8.73. The fourth-order valence-electron chi connectivity index (χ4n) is 7.33. The number of allylic oxidation sites excluding steroid dienone is 3. The fourth-order valence-corrected chi connectivity index (χ4v) is 7.33. The Hall–Kier alpha value is -1.95. The van der Waals surface area contributed by atoms with Crippen LogP contribution in [0.4, 0.5) is 0 Å². The predicted octanol–water partition coefficient (Wildman–Crippen LogP) is 3.90. The number of carbonyl (C=O) groups is 3. The lowest BCUT2D eigenvalue weighted by Gasteiger charge is -2.62. The summed E-state index contributed by atoms with van der Waals surface area (Å²) in [5.41, 5.74) is 0.294. The molecule has 0 unspecified atom stereocenters. The van der Waals surface area contributed by atoms with Crippen LogP contribution in [0.15, 0.2) is 23.8 Å². The van der Waals surface area contributed by atoms with Gasteiger partial charge in [-0.1, -0.05) is 39.0 Å². The molecule has 2 saturated heterocycles. The number of carbonyl (C=O) groups excluding carboxylic acids is 2. The zero-order valence-electron chi connectivity index (χ0n) is 18.5. The van der Waals surface area contributed by atoms with E-state index >= 15 is 0 Å². The standard InChI is InChI=1S/C24H32O6/c1-12(2)14-7-9-23(5)15(22(14,4)10-8-16(25)26)11-24(6)18-17(23)20(28)30-21(18)29-13(3)19(24)27/h7,13,15,17-18,21H,1,8-11H2,2-6H3,(H,25,26)/t13-,15-,17-,18+,21-,22+,23-,24+/m0/s1. The lowest BCUT2D eigenvalue weighted by atomic mass is 9.40. The van der Waals surface area contributed by atoms with Gasteiger partial charge in [-0.25, -0.2) is 0 Å². The van der Waals surface area contributed by atoms with Gasteiger partial charge >= 0.3 is 11.9 Å². The maximum Gasteiger partial charge on any atom is 0.312 e. The molecule has 3 fully saturated rings. The normalized spacial score (nSPS) is 47.1. The van der Waals surface area contributed by atoms with Crippen LogP contribution in [0.1, 0.15) is 60.3 Å². The molecule has 1 N–H and O–H groups in total. The summed E-state index contributed by atoms with van der Waals surface area (Å²) in [5.74, 6) is -1.93. The molecule has 2 heterocycles. The van der Waals surface area contributed by atoms with Crippen LogP contribution in [-0.2, 0) is 23.9 Å². The first kappa shape index (κ1) is 21.3. The first-order valence-corrected chi connectivity index (χ1v) is 10.8. The molecule has 30 heavy (non-hydrogen) atoms. The molecule has 164 valence electrons. The highest BCUT2D eigenvalue weighted by Gasteiger charge is 2.72. The molecule has 6 nitrogen and oxygen atoms in total. The van der Waals surface area contributed by atoms with Gasteiger partial charge in [0.1, 0.15) is 6.10 Å². The molecule has 0 amide bonds. The van der Waals surface area contributed by atoms with Crippen molar-refractivity contribution in [3.8, 4) is 0 Å². The van der Waals surface area contributed by atoms with Gasteiger partial charge in [-0.3, -0.25) is 14.4 Å². The van der Waals surface area contributed by atoms with Crippen LogP contribution in [0, 0.1) is 34.0 Å². The van der Waals surface area contributed by atoms with Crippen LogP contribution in [0.5, 0.6) is 0 Å². The highest BCUT2D eigenvalue weighted by atomic mass is 16.7. The Morgan fingerprint density at radius 2 is 1.97 bits per heavy atom. The van der Waals surface area contributed by atoms with Gasteiger partial charge in [-0.15, -0.1) is 0 Å². The van der Waals surface area contributed by atoms with Crippen molar-refractivity contribution >= 4 is 17.7 Å². The van der Waals surface area contributed by atoms with Gasteiger partial charge in [-0.05, 0) is 55.4 Å². The lowest BCUT2D eigenvalue weighted by Crippen LogP contribution is -2.64. The van der Waals surface area contributed by atoms with Crippen molar-refractivity contribution in [1.29, 1.82) is 0 Å². The molecule has 0 aromatic rings. The summed E-state index contributed by atoms with van der Waals surface area (Å²) in [6, 6.07) is 0. The topological polar surface area (TPSA) is 89.9 Å². The Morgan fingerprint density at radius 1 is 1.30 bits per heavy atom. The second-order valence-electron chi connectivity index (χ2n) is 10.5. The van der Waals surface area contributed by atoms with E-state index in [1.807, 2.05) is 13.8 Å². The molecular formula is C24H32O6. The zero-order valence-corrected chi connectivity index (χ0v) is 18.5. The number of hydrogen-bond donors (Lipinski definition) is 1. The monoisotopic (exact) mass is 416 g/mol. The summed E-state index contributed by atoms with van der Waals surface area (Å²) in [7, 11) is 0. The fraction of sp³-hybridized carbons (Fsp3) is 0.708.